The third kappa shape index (κ3) is 6.12. The molecule has 25 heavy (non-hydrogen) atoms. The molecule has 0 heterocycles. The van der Waals surface area contributed by atoms with Crippen molar-refractivity contribution < 1.29 is 19.1 Å². The summed E-state index contributed by atoms with van der Waals surface area (Å²) in [6.07, 6.45) is 0. The van der Waals surface area contributed by atoms with Crippen LogP contribution >= 0.6 is 11.6 Å². The van der Waals surface area contributed by atoms with E-state index in [-0.39, 0.29) is 19.8 Å². The van der Waals surface area contributed by atoms with E-state index in [1.807, 2.05) is 44.2 Å². The van der Waals surface area contributed by atoms with Crippen LogP contribution in [0.4, 0.5) is 0 Å². The average Bonchev–Trinajstić information content (AvgIpc) is 2.60. The van der Waals surface area contributed by atoms with Crippen molar-refractivity contribution in [1.29, 1.82) is 0 Å². The van der Waals surface area contributed by atoms with Crippen LogP contribution in [0.15, 0.2) is 42.5 Å². The first kappa shape index (κ1) is 18.8. The topological polar surface area (TPSA) is 64.6 Å². The lowest BCUT2D eigenvalue weighted by Gasteiger charge is -2.09. The molecule has 0 radical (unpaired) electrons. The van der Waals surface area contributed by atoms with E-state index in [0.29, 0.717) is 10.8 Å². The van der Waals surface area contributed by atoms with Gasteiger partial charge in [0, 0.05) is 11.6 Å². The maximum atomic E-state index is 11.7. The fourth-order valence-electron chi connectivity index (χ4n) is 2.02. The summed E-state index contributed by atoms with van der Waals surface area (Å²) in [5.74, 6) is -0.422. The summed E-state index contributed by atoms with van der Waals surface area (Å²) in [5.41, 5.74) is 3.01. The molecule has 2 aromatic carbocycles. The molecule has 6 heteroatoms. The molecule has 0 aliphatic heterocycles. The molecule has 2 aromatic rings. The van der Waals surface area contributed by atoms with E-state index >= 15 is 0 Å². The second kappa shape index (κ2) is 9.08. The largest absolute Gasteiger partial charge is 0.482 e. The van der Waals surface area contributed by atoms with Crippen LogP contribution < -0.4 is 10.1 Å². The highest BCUT2D eigenvalue weighted by Gasteiger charge is 2.09. The molecule has 0 saturated heterocycles. The fraction of sp³-hybridized carbons (Fsp3) is 0.263. The standard InChI is InChI=1S/C19H20ClNO4/c1-13-7-8-16(9-14(13)2)24-12-19(23)25-11-18(22)21-10-15-5-3-4-6-17(15)20/h3-9H,10-12H2,1-2H3,(H,21,22). The van der Waals surface area contributed by atoms with Gasteiger partial charge in [0.25, 0.3) is 5.91 Å². The Bertz CT molecular complexity index is 761. The Balaban J connectivity index is 1.69. The van der Waals surface area contributed by atoms with Gasteiger partial charge in [0.15, 0.2) is 13.2 Å². The van der Waals surface area contributed by atoms with Crippen molar-refractivity contribution in [3.63, 3.8) is 0 Å². The van der Waals surface area contributed by atoms with Crippen molar-refractivity contribution in [2.24, 2.45) is 0 Å². The van der Waals surface area contributed by atoms with Crippen LogP contribution in [0, 0.1) is 13.8 Å². The third-order valence-corrected chi connectivity index (χ3v) is 4.00. The van der Waals surface area contributed by atoms with Gasteiger partial charge in [-0.1, -0.05) is 35.9 Å². The van der Waals surface area contributed by atoms with Crippen molar-refractivity contribution in [1.82, 2.24) is 5.32 Å². The number of amides is 1. The number of hydrogen-bond donors (Lipinski definition) is 1. The second-order valence-corrected chi connectivity index (χ2v) is 5.97. The van der Waals surface area contributed by atoms with E-state index in [1.165, 1.54) is 0 Å². The summed E-state index contributed by atoms with van der Waals surface area (Å²) in [7, 11) is 0. The molecule has 0 fully saturated rings. The molecule has 132 valence electrons. The molecule has 5 nitrogen and oxygen atoms in total. The van der Waals surface area contributed by atoms with Crippen LogP contribution in [0.5, 0.6) is 5.75 Å². The summed E-state index contributed by atoms with van der Waals surface area (Å²) in [5, 5.41) is 3.21. The average molecular weight is 362 g/mol. The summed E-state index contributed by atoms with van der Waals surface area (Å²) < 4.78 is 10.2. The number of halogens is 1. The first-order valence-corrected chi connectivity index (χ1v) is 8.19. The van der Waals surface area contributed by atoms with Gasteiger partial charge in [-0.05, 0) is 48.7 Å². The van der Waals surface area contributed by atoms with Crippen LogP contribution in [0.1, 0.15) is 16.7 Å². The minimum absolute atomic E-state index is 0.250. The van der Waals surface area contributed by atoms with E-state index in [2.05, 4.69) is 5.32 Å². The molecule has 0 aliphatic carbocycles. The molecule has 0 spiro atoms. The Morgan fingerprint density at radius 2 is 1.80 bits per heavy atom. The lowest BCUT2D eigenvalue weighted by Crippen LogP contribution is -2.29. The Hall–Kier alpha value is -2.53. The zero-order chi connectivity index (χ0) is 18.2. The number of carbonyl (C=O) groups excluding carboxylic acids is 2. The van der Waals surface area contributed by atoms with Crippen LogP contribution in [0.2, 0.25) is 5.02 Å². The third-order valence-electron chi connectivity index (χ3n) is 3.63. The molecule has 1 N–H and O–H groups in total. The van der Waals surface area contributed by atoms with E-state index in [9.17, 15) is 9.59 Å². The molecule has 0 saturated carbocycles. The smallest absolute Gasteiger partial charge is 0.344 e. The number of rotatable bonds is 7. The molecular formula is C19H20ClNO4. The minimum Gasteiger partial charge on any atom is -0.482 e. The van der Waals surface area contributed by atoms with Crippen LogP contribution in [0.3, 0.4) is 0 Å². The molecule has 1 amide bonds. The normalized spacial score (nSPS) is 10.2. The number of nitrogens with one attached hydrogen (secondary N) is 1. The van der Waals surface area contributed by atoms with E-state index in [4.69, 9.17) is 21.1 Å². The summed E-state index contributed by atoms with van der Waals surface area (Å²) in [4.78, 5) is 23.4. The van der Waals surface area contributed by atoms with Gasteiger partial charge in [0.05, 0.1) is 0 Å². The Kier molecular flexibility index (Phi) is 6.83. The Morgan fingerprint density at radius 1 is 1.04 bits per heavy atom. The molecular weight excluding hydrogens is 342 g/mol. The number of aryl methyl sites for hydroxylation is 2. The molecule has 2 rings (SSSR count). The predicted molar refractivity (Wildman–Crippen MR) is 95.7 cm³/mol. The lowest BCUT2D eigenvalue weighted by molar-refractivity contribution is -0.150. The van der Waals surface area contributed by atoms with Gasteiger partial charge in [-0.2, -0.15) is 0 Å². The fourth-order valence-corrected chi connectivity index (χ4v) is 2.22. The van der Waals surface area contributed by atoms with Gasteiger partial charge >= 0.3 is 5.97 Å². The lowest BCUT2D eigenvalue weighted by atomic mass is 10.1. The Labute approximate surface area is 151 Å². The summed E-state index contributed by atoms with van der Waals surface area (Å²) in [6, 6.07) is 12.7. The van der Waals surface area contributed by atoms with E-state index < -0.39 is 11.9 Å². The van der Waals surface area contributed by atoms with Gasteiger partial charge in [-0.25, -0.2) is 4.79 Å². The molecule has 0 bridgehead atoms. The highest BCUT2D eigenvalue weighted by atomic mass is 35.5. The minimum atomic E-state index is -0.605. The first-order valence-electron chi connectivity index (χ1n) is 7.81. The molecule has 0 aromatic heterocycles. The number of ether oxygens (including phenoxy) is 2. The Morgan fingerprint density at radius 3 is 2.52 bits per heavy atom. The highest BCUT2D eigenvalue weighted by Crippen LogP contribution is 2.16. The number of benzene rings is 2. The van der Waals surface area contributed by atoms with Crippen molar-refractivity contribution in [2.75, 3.05) is 13.2 Å². The predicted octanol–water partition coefficient (Wildman–Crippen LogP) is 3.20. The summed E-state index contributed by atoms with van der Waals surface area (Å²) in [6.45, 7) is 3.62. The summed E-state index contributed by atoms with van der Waals surface area (Å²) >= 11 is 6.00. The van der Waals surface area contributed by atoms with Gasteiger partial charge in [0.2, 0.25) is 0 Å². The zero-order valence-electron chi connectivity index (χ0n) is 14.2. The maximum Gasteiger partial charge on any atom is 0.344 e. The molecule has 0 atom stereocenters. The second-order valence-electron chi connectivity index (χ2n) is 5.56. The first-order chi connectivity index (χ1) is 12.0. The van der Waals surface area contributed by atoms with Gasteiger partial charge in [0.1, 0.15) is 5.75 Å². The van der Waals surface area contributed by atoms with E-state index in [0.717, 1.165) is 16.7 Å². The monoisotopic (exact) mass is 361 g/mol. The SMILES string of the molecule is Cc1ccc(OCC(=O)OCC(=O)NCc2ccccc2Cl)cc1C. The van der Waals surface area contributed by atoms with Crippen LogP contribution in [0.25, 0.3) is 0 Å². The van der Waals surface area contributed by atoms with Crippen LogP contribution in [-0.2, 0) is 20.9 Å². The number of carbonyl (C=O) groups is 2. The van der Waals surface area contributed by atoms with Gasteiger partial charge in [-0.3, -0.25) is 4.79 Å². The molecule has 0 aliphatic rings. The van der Waals surface area contributed by atoms with E-state index in [1.54, 1.807) is 12.1 Å². The van der Waals surface area contributed by atoms with Crippen molar-refractivity contribution in [3.8, 4) is 5.75 Å². The number of hydrogen-bond acceptors (Lipinski definition) is 4. The zero-order valence-corrected chi connectivity index (χ0v) is 14.9. The number of esters is 1. The van der Waals surface area contributed by atoms with Gasteiger partial charge in [-0.15, -0.1) is 0 Å². The quantitative estimate of drug-likeness (QED) is 0.769. The van der Waals surface area contributed by atoms with Crippen LogP contribution in [-0.4, -0.2) is 25.1 Å². The maximum absolute atomic E-state index is 11.7. The van der Waals surface area contributed by atoms with Crippen molar-refractivity contribution >= 4 is 23.5 Å². The van der Waals surface area contributed by atoms with Crippen molar-refractivity contribution in [3.05, 3.63) is 64.2 Å². The molecule has 0 unspecified atom stereocenters. The highest BCUT2D eigenvalue weighted by molar-refractivity contribution is 6.31. The van der Waals surface area contributed by atoms with Gasteiger partial charge < -0.3 is 14.8 Å². The van der Waals surface area contributed by atoms with Crippen molar-refractivity contribution in [2.45, 2.75) is 20.4 Å².